The molecule has 1 amide bonds. The third-order valence-corrected chi connectivity index (χ3v) is 10.4. The fraction of sp³-hybridized carbons (Fsp3) is 0.548. The van der Waals surface area contributed by atoms with Gasteiger partial charge in [0.15, 0.2) is 11.4 Å². The second kappa shape index (κ2) is 9.14. The standard InChI is InChI=1S/C31H38FN3O6/c1-5-35(30(8-9-30)17-6-7-17)13-16-12-20(36)23-18(24(16)32)10-15-11-19-25(34(3)4)27(38)21(29(33)40)14(2)31(19,41)28(39)22(15)26(23)37/h12,15,17,19,25,36,38-39,41H,2,5-11,13H2,1,3-4H3,(H2,33,40)/t15-,19-,25-,31-/m0/s1. The molecule has 0 bridgehead atoms. The van der Waals surface area contributed by atoms with Crippen molar-refractivity contribution < 1.29 is 34.4 Å². The first-order valence-electron chi connectivity index (χ1n) is 14.4. The number of hydrogen-bond acceptors (Lipinski definition) is 8. The first-order chi connectivity index (χ1) is 19.3. The van der Waals surface area contributed by atoms with Gasteiger partial charge in [-0.25, -0.2) is 4.39 Å². The van der Waals surface area contributed by atoms with E-state index < -0.39 is 52.3 Å². The van der Waals surface area contributed by atoms with E-state index in [4.69, 9.17) is 5.73 Å². The first kappa shape index (κ1) is 27.9. The van der Waals surface area contributed by atoms with Gasteiger partial charge < -0.3 is 26.2 Å². The quantitative estimate of drug-likeness (QED) is 0.338. The van der Waals surface area contributed by atoms with Crippen LogP contribution in [0, 0.1) is 23.6 Å². The number of fused-ring (bicyclic) bond motifs is 3. The monoisotopic (exact) mass is 567 g/mol. The highest BCUT2D eigenvalue weighted by molar-refractivity contribution is 6.13. The van der Waals surface area contributed by atoms with Gasteiger partial charge in [-0.2, -0.15) is 0 Å². The van der Waals surface area contributed by atoms with Crippen LogP contribution in [0.3, 0.4) is 0 Å². The van der Waals surface area contributed by atoms with Crippen molar-refractivity contribution >= 4 is 11.7 Å². The maximum absolute atomic E-state index is 16.2. The van der Waals surface area contributed by atoms with Crippen molar-refractivity contribution in [2.45, 2.75) is 69.2 Å². The maximum atomic E-state index is 16.2. The molecule has 5 aliphatic carbocycles. The van der Waals surface area contributed by atoms with Crippen LogP contribution in [-0.2, 0) is 17.8 Å². The number of carbonyl (C=O) groups is 2. The predicted octanol–water partition coefficient (Wildman–Crippen LogP) is 3.01. The molecule has 0 unspecified atom stereocenters. The number of nitrogens with zero attached hydrogens (tertiary/aromatic N) is 2. The van der Waals surface area contributed by atoms with E-state index in [0.29, 0.717) is 18.0 Å². The molecule has 6 N–H and O–H groups in total. The molecule has 0 heterocycles. The minimum Gasteiger partial charge on any atom is -0.510 e. The number of allylic oxidation sites excluding steroid dienone is 1. The van der Waals surface area contributed by atoms with Gasteiger partial charge in [0.25, 0.3) is 5.91 Å². The van der Waals surface area contributed by atoms with Gasteiger partial charge in [-0.3, -0.25) is 19.4 Å². The lowest BCUT2D eigenvalue weighted by atomic mass is 9.57. The molecule has 6 rings (SSSR count). The number of phenolic OH excluding ortho intramolecular Hbond substituents is 1. The van der Waals surface area contributed by atoms with Gasteiger partial charge in [0.2, 0.25) is 0 Å². The van der Waals surface area contributed by atoms with Gasteiger partial charge in [0, 0.05) is 40.3 Å². The van der Waals surface area contributed by atoms with Crippen LogP contribution in [0.2, 0.25) is 0 Å². The van der Waals surface area contributed by atoms with Crippen molar-refractivity contribution in [1.82, 2.24) is 9.80 Å². The van der Waals surface area contributed by atoms with Crippen LogP contribution in [0.25, 0.3) is 0 Å². The second-order valence-electron chi connectivity index (χ2n) is 12.7. The van der Waals surface area contributed by atoms with E-state index in [0.717, 1.165) is 19.4 Å². The lowest BCUT2D eigenvalue weighted by Crippen LogP contribution is -2.60. The molecule has 0 aromatic heterocycles. The van der Waals surface area contributed by atoms with Gasteiger partial charge in [0.05, 0.1) is 17.2 Å². The van der Waals surface area contributed by atoms with E-state index in [1.165, 1.54) is 18.9 Å². The highest BCUT2D eigenvalue weighted by Crippen LogP contribution is 2.58. The van der Waals surface area contributed by atoms with E-state index in [1.807, 2.05) is 0 Å². The molecule has 1 aromatic carbocycles. The number of carbonyl (C=O) groups excluding carboxylic acids is 2. The first-order valence-corrected chi connectivity index (χ1v) is 14.4. The van der Waals surface area contributed by atoms with E-state index >= 15 is 4.39 Å². The van der Waals surface area contributed by atoms with Crippen LogP contribution in [0.1, 0.15) is 60.5 Å². The van der Waals surface area contributed by atoms with Gasteiger partial charge in [0.1, 0.15) is 23.1 Å². The number of halogens is 1. The fourth-order valence-corrected chi connectivity index (χ4v) is 8.16. The summed E-state index contributed by atoms with van der Waals surface area (Å²) in [5.74, 6) is -4.79. The molecule has 2 fully saturated rings. The molecule has 2 saturated carbocycles. The third-order valence-electron chi connectivity index (χ3n) is 10.4. The predicted molar refractivity (Wildman–Crippen MR) is 149 cm³/mol. The number of nitrogens with two attached hydrogens (primary N) is 1. The van der Waals surface area contributed by atoms with Crippen molar-refractivity contribution in [3.63, 3.8) is 0 Å². The molecule has 10 heteroatoms. The molecule has 9 nitrogen and oxygen atoms in total. The Morgan fingerprint density at radius 2 is 1.88 bits per heavy atom. The van der Waals surface area contributed by atoms with Crippen molar-refractivity contribution in [3.8, 4) is 5.75 Å². The summed E-state index contributed by atoms with van der Waals surface area (Å²) in [6, 6.07) is 0.372. The minimum atomic E-state index is -2.28. The van der Waals surface area contributed by atoms with Gasteiger partial charge in [-0.1, -0.05) is 13.5 Å². The lowest BCUT2D eigenvalue weighted by molar-refractivity contribution is -0.115. The molecular formula is C31H38FN3O6. The number of primary amides is 1. The number of likely N-dealkylation sites (N-methyl/N-ethyl adjacent to an activating group) is 1. The molecule has 4 atom stereocenters. The number of phenols is 1. The summed E-state index contributed by atoms with van der Waals surface area (Å²) in [4.78, 5) is 30.0. The van der Waals surface area contributed by atoms with Crippen LogP contribution in [0.5, 0.6) is 5.75 Å². The average molecular weight is 568 g/mol. The van der Waals surface area contributed by atoms with Crippen LogP contribution in [0.15, 0.2) is 40.9 Å². The number of aliphatic hydroxyl groups excluding tert-OH is 2. The zero-order valence-corrected chi connectivity index (χ0v) is 23.7. The van der Waals surface area contributed by atoms with E-state index in [1.54, 1.807) is 19.0 Å². The number of rotatable bonds is 7. The second-order valence-corrected chi connectivity index (χ2v) is 12.7. The molecule has 0 radical (unpaired) electrons. The Morgan fingerprint density at radius 1 is 1.22 bits per heavy atom. The van der Waals surface area contributed by atoms with Crippen LogP contribution >= 0.6 is 0 Å². The number of benzene rings is 1. The minimum absolute atomic E-state index is 0.0138. The lowest BCUT2D eigenvalue weighted by Gasteiger charge is -2.52. The molecule has 5 aliphatic rings. The molecule has 220 valence electrons. The van der Waals surface area contributed by atoms with Gasteiger partial charge in [-0.05, 0) is 77.1 Å². The topological polar surface area (TPSA) is 148 Å². The smallest absolute Gasteiger partial charge is 0.252 e. The number of hydrogen-bond donors (Lipinski definition) is 5. The van der Waals surface area contributed by atoms with Gasteiger partial charge >= 0.3 is 0 Å². The highest BCUT2D eigenvalue weighted by Gasteiger charge is 2.61. The normalized spacial score (nSPS) is 30.5. The number of amides is 1. The van der Waals surface area contributed by atoms with E-state index in [-0.39, 0.29) is 52.2 Å². The maximum Gasteiger partial charge on any atom is 0.252 e. The summed E-state index contributed by atoms with van der Waals surface area (Å²) in [5.41, 5.74) is 2.68. The van der Waals surface area contributed by atoms with Gasteiger partial charge in [-0.15, -0.1) is 0 Å². The summed E-state index contributed by atoms with van der Waals surface area (Å²) in [5, 5.41) is 45.5. The summed E-state index contributed by atoms with van der Waals surface area (Å²) in [7, 11) is 3.28. The summed E-state index contributed by atoms with van der Waals surface area (Å²) in [6.07, 6.45) is 4.62. The zero-order valence-electron chi connectivity index (χ0n) is 23.7. The van der Waals surface area contributed by atoms with Crippen LogP contribution in [-0.4, -0.2) is 79.7 Å². The number of ketones is 1. The zero-order chi connectivity index (χ0) is 29.8. The molecule has 41 heavy (non-hydrogen) atoms. The fourth-order valence-electron chi connectivity index (χ4n) is 8.16. The number of aromatic hydroxyl groups is 1. The Labute approximate surface area is 238 Å². The molecule has 0 spiro atoms. The molecular weight excluding hydrogens is 529 g/mol. The number of aliphatic hydroxyl groups is 3. The van der Waals surface area contributed by atoms with E-state index in [9.17, 15) is 30.0 Å². The van der Waals surface area contributed by atoms with Crippen LogP contribution in [0.4, 0.5) is 4.39 Å². The SMILES string of the molecule is C=C1C(C(N)=O)=C(O)[C@@H](N(C)C)[C@@H]2C[C@@H]3Cc4c(F)c(CN(CC)C5(C6CC6)CC5)cc(O)c4C(=O)C3=C(O)[C@]12O. The Bertz CT molecular complexity index is 1460. The molecule has 1 aromatic rings. The summed E-state index contributed by atoms with van der Waals surface area (Å²) < 4.78 is 16.2. The van der Waals surface area contributed by atoms with E-state index in [2.05, 4.69) is 18.4 Å². The number of Topliss-reactive ketones (excluding diaryl/α,β-unsaturated/α-hetero) is 1. The Kier molecular flexibility index (Phi) is 6.23. The molecule has 0 aliphatic heterocycles. The Morgan fingerprint density at radius 3 is 2.41 bits per heavy atom. The highest BCUT2D eigenvalue weighted by atomic mass is 19.1. The summed E-state index contributed by atoms with van der Waals surface area (Å²) in [6.45, 7) is 6.91. The Balaban J connectivity index is 1.43. The average Bonchev–Trinajstić information content (AvgIpc) is 3.80. The summed E-state index contributed by atoms with van der Waals surface area (Å²) >= 11 is 0. The van der Waals surface area contributed by atoms with Crippen LogP contribution < -0.4 is 5.73 Å². The largest absolute Gasteiger partial charge is 0.510 e. The van der Waals surface area contributed by atoms with Crippen molar-refractivity contribution in [1.29, 1.82) is 0 Å². The van der Waals surface area contributed by atoms with Crippen molar-refractivity contribution in [3.05, 3.63) is 63.4 Å². The molecule has 0 saturated heterocycles. The van der Waals surface area contributed by atoms with Crippen molar-refractivity contribution in [2.75, 3.05) is 20.6 Å². The third kappa shape index (κ3) is 3.76. The van der Waals surface area contributed by atoms with Crippen molar-refractivity contribution in [2.24, 2.45) is 23.5 Å². The Hall–Kier alpha value is -3.21.